The van der Waals surface area contributed by atoms with Crippen LogP contribution in [0.5, 0.6) is 0 Å². The molecule has 5 heteroatoms. The average molecular weight is 236 g/mol. The van der Waals surface area contributed by atoms with Gasteiger partial charge >= 0.3 is 0 Å². The number of carbonyl (C=O) groups excluding carboxylic acids is 1. The minimum atomic E-state index is -0.948. The van der Waals surface area contributed by atoms with E-state index in [0.717, 1.165) is 12.1 Å². The zero-order chi connectivity index (χ0) is 12.4. The third kappa shape index (κ3) is 2.55. The van der Waals surface area contributed by atoms with Gasteiger partial charge in [-0.2, -0.15) is 0 Å². The fourth-order valence-electron chi connectivity index (χ4n) is 1.48. The molecule has 2 aromatic rings. The van der Waals surface area contributed by atoms with E-state index in [-0.39, 0.29) is 12.2 Å². The summed E-state index contributed by atoms with van der Waals surface area (Å²) in [4.78, 5) is 15.6. The summed E-state index contributed by atoms with van der Waals surface area (Å²) >= 11 is 0. The van der Waals surface area contributed by atoms with E-state index in [1.165, 1.54) is 12.4 Å². The summed E-state index contributed by atoms with van der Waals surface area (Å²) in [5, 5.41) is 0. The van der Waals surface area contributed by atoms with E-state index in [4.69, 9.17) is 0 Å². The van der Waals surface area contributed by atoms with Crippen molar-refractivity contribution >= 4 is 5.78 Å². The summed E-state index contributed by atoms with van der Waals surface area (Å²) in [6.07, 6.45) is 3.11. The van der Waals surface area contributed by atoms with Gasteiger partial charge in [0, 0.05) is 19.7 Å². The van der Waals surface area contributed by atoms with Crippen molar-refractivity contribution in [1.29, 1.82) is 0 Å². The minimum Gasteiger partial charge on any atom is -0.340 e. The summed E-state index contributed by atoms with van der Waals surface area (Å²) in [6, 6.07) is 3.42. The highest BCUT2D eigenvalue weighted by Gasteiger charge is 2.11. The highest BCUT2D eigenvalue weighted by atomic mass is 19.2. The molecule has 88 valence electrons. The molecule has 0 N–H and O–H groups in total. The van der Waals surface area contributed by atoms with Crippen LogP contribution in [0, 0.1) is 11.6 Å². The second-order valence-corrected chi connectivity index (χ2v) is 3.77. The standard InChI is InChI=1S/C12H10F2N2O/c1-16-6-11(15-7-16)12(17)5-8-2-3-9(13)10(14)4-8/h2-4,6-7H,5H2,1H3. The van der Waals surface area contributed by atoms with Crippen LogP contribution in [0.4, 0.5) is 8.78 Å². The van der Waals surface area contributed by atoms with E-state index in [2.05, 4.69) is 4.98 Å². The van der Waals surface area contributed by atoms with Crippen molar-refractivity contribution in [3.05, 3.63) is 53.6 Å². The first kappa shape index (κ1) is 11.4. The predicted octanol–water partition coefficient (Wildman–Crippen LogP) is 2.12. The van der Waals surface area contributed by atoms with Gasteiger partial charge in [-0.1, -0.05) is 6.07 Å². The maximum absolute atomic E-state index is 12.9. The molecule has 0 aliphatic rings. The highest BCUT2D eigenvalue weighted by Crippen LogP contribution is 2.11. The molecule has 0 unspecified atom stereocenters. The minimum absolute atomic E-state index is 0.00815. The lowest BCUT2D eigenvalue weighted by Gasteiger charge is -1.99. The number of hydrogen-bond acceptors (Lipinski definition) is 2. The lowest BCUT2D eigenvalue weighted by Crippen LogP contribution is -2.04. The van der Waals surface area contributed by atoms with Crippen LogP contribution in [0.2, 0.25) is 0 Å². The Balaban J connectivity index is 2.15. The van der Waals surface area contributed by atoms with Crippen molar-refractivity contribution in [1.82, 2.24) is 9.55 Å². The molecule has 0 spiro atoms. The van der Waals surface area contributed by atoms with Crippen LogP contribution in [0.3, 0.4) is 0 Å². The van der Waals surface area contributed by atoms with Crippen molar-refractivity contribution in [2.75, 3.05) is 0 Å². The van der Waals surface area contributed by atoms with Crippen LogP contribution >= 0.6 is 0 Å². The van der Waals surface area contributed by atoms with Crippen molar-refractivity contribution in [2.24, 2.45) is 7.05 Å². The molecule has 0 atom stereocenters. The average Bonchev–Trinajstić information content (AvgIpc) is 2.70. The maximum atomic E-state index is 12.9. The summed E-state index contributed by atoms with van der Waals surface area (Å²) in [7, 11) is 1.75. The number of carbonyl (C=O) groups is 1. The first-order chi connectivity index (χ1) is 8.06. The van der Waals surface area contributed by atoms with Crippen LogP contribution in [0.1, 0.15) is 16.1 Å². The fraction of sp³-hybridized carbons (Fsp3) is 0.167. The molecule has 1 heterocycles. The van der Waals surface area contributed by atoms with Crippen LogP contribution in [0.15, 0.2) is 30.7 Å². The van der Waals surface area contributed by atoms with Gasteiger partial charge in [-0.25, -0.2) is 13.8 Å². The fourth-order valence-corrected chi connectivity index (χ4v) is 1.48. The molecule has 0 saturated heterocycles. The van der Waals surface area contributed by atoms with Crippen LogP contribution in [-0.4, -0.2) is 15.3 Å². The molecule has 3 nitrogen and oxygen atoms in total. The molecule has 17 heavy (non-hydrogen) atoms. The Morgan fingerprint density at radius 1 is 1.35 bits per heavy atom. The topological polar surface area (TPSA) is 34.9 Å². The van der Waals surface area contributed by atoms with E-state index in [1.807, 2.05) is 0 Å². The monoisotopic (exact) mass is 236 g/mol. The number of benzene rings is 1. The molecular weight excluding hydrogens is 226 g/mol. The van der Waals surface area contributed by atoms with Crippen molar-refractivity contribution in [3.63, 3.8) is 0 Å². The molecular formula is C12H10F2N2O. The molecule has 2 rings (SSSR count). The van der Waals surface area contributed by atoms with E-state index in [1.54, 1.807) is 17.8 Å². The van der Waals surface area contributed by atoms with Gasteiger partial charge in [0.1, 0.15) is 5.69 Å². The Bertz CT molecular complexity index is 563. The molecule has 1 aromatic carbocycles. The lowest BCUT2D eigenvalue weighted by atomic mass is 10.1. The van der Waals surface area contributed by atoms with Gasteiger partial charge in [0.25, 0.3) is 0 Å². The summed E-state index contributed by atoms with van der Waals surface area (Å²) in [5.74, 6) is -2.09. The number of rotatable bonds is 3. The van der Waals surface area contributed by atoms with Crippen molar-refractivity contribution in [3.8, 4) is 0 Å². The first-order valence-corrected chi connectivity index (χ1v) is 5.01. The Labute approximate surface area is 96.7 Å². The zero-order valence-corrected chi connectivity index (χ0v) is 9.15. The molecule has 0 fully saturated rings. The Kier molecular flexibility index (Phi) is 2.99. The van der Waals surface area contributed by atoms with E-state index < -0.39 is 11.6 Å². The molecule has 0 amide bonds. The molecule has 1 aromatic heterocycles. The van der Waals surface area contributed by atoms with Crippen LogP contribution in [-0.2, 0) is 13.5 Å². The Hall–Kier alpha value is -2.04. The Morgan fingerprint density at radius 3 is 2.71 bits per heavy atom. The van der Waals surface area contributed by atoms with Gasteiger partial charge in [0.15, 0.2) is 17.4 Å². The third-order valence-corrected chi connectivity index (χ3v) is 2.34. The van der Waals surface area contributed by atoms with Crippen LogP contribution in [0.25, 0.3) is 0 Å². The lowest BCUT2D eigenvalue weighted by molar-refractivity contribution is 0.0988. The number of hydrogen-bond donors (Lipinski definition) is 0. The third-order valence-electron chi connectivity index (χ3n) is 2.34. The van der Waals surface area contributed by atoms with Gasteiger partial charge < -0.3 is 4.57 Å². The number of halogens is 2. The smallest absolute Gasteiger partial charge is 0.187 e. The summed E-state index contributed by atoms with van der Waals surface area (Å²) in [6.45, 7) is 0. The van der Waals surface area contributed by atoms with E-state index in [0.29, 0.717) is 11.3 Å². The van der Waals surface area contributed by atoms with Crippen molar-refractivity contribution in [2.45, 2.75) is 6.42 Å². The van der Waals surface area contributed by atoms with Gasteiger partial charge in [-0.3, -0.25) is 4.79 Å². The summed E-state index contributed by atoms with van der Waals surface area (Å²) in [5.41, 5.74) is 0.747. The number of Topliss-reactive ketones (excluding diaryl/α,β-unsaturated/α-hetero) is 1. The normalized spacial score (nSPS) is 10.5. The second-order valence-electron chi connectivity index (χ2n) is 3.77. The molecule has 0 radical (unpaired) electrons. The first-order valence-electron chi connectivity index (χ1n) is 5.01. The predicted molar refractivity (Wildman–Crippen MR) is 57.6 cm³/mol. The van der Waals surface area contributed by atoms with Gasteiger partial charge in [0.05, 0.1) is 6.33 Å². The summed E-state index contributed by atoms with van der Waals surface area (Å²) < 4.78 is 27.3. The van der Waals surface area contributed by atoms with Gasteiger partial charge in [-0.15, -0.1) is 0 Å². The number of aryl methyl sites for hydroxylation is 1. The maximum Gasteiger partial charge on any atom is 0.187 e. The van der Waals surface area contributed by atoms with E-state index >= 15 is 0 Å². The largest absolute Gasteiger partial charge is 0.340 e. The molecule has 0 aliphatic heterocycles. The number of ketones is 1. The number of imidazole rings is 1. The number of nitrogens with zero attached hydrogens (tertiary/aromatic N) is 2. The van der Waals surface area contributed by atoms with Gasteiger partial charge in [0.2, 0.25) is 0 Å². The van der Waals surface area contributed by atoms with Crippen LogP contribution < -0.4 is 0 Å². The van der Waals surface area contributed by atoms with Crippen molar-refractivity contribution < 1.29 is 13.6 Å². The van der Waals surface area contributed by atoms with E-state index in [9.17, 15) is 13.6 Å². The van der Waals surface area contributed by atoms with Gasteiger partial charge in [-0.05, 0) is 17.7 Å². The highest BCUT2D eigenvalue weighted by molar-refractivity contribution is 5.95. The SMILES string of the molecule is Cn1cnc(C(=O)Cc2ccc(F)c(F)c2)c1. The molecule has 0 saturated carbocycles. The Morgan fingerprint density at radius 2 is 2.12 bits per heavy atom. The quantitative estimate of drug-likeness (QED) is 0.765. The second kappa shape index (κ2) is 4.45. The molecule has 0 aliphatic carbocycles. The zero-order valence-electron chi connectivity index (χ0n) is 9.15. The molecule has 0 bridgehead atoms. The number of aromatic nitrogens is 2.